The van der Waals surface area contributed by atoms with E-state index in [4.69, 9.17) is 23.2 Å². The van der Waals surface area contributed by atoms with Crippen LogP contribution in [0.1, 0.15) is 18.4 Å². The predicted molar refractivity (Wildman–Crippen MR) is 79.2 cm³/mol. The van der Waals surface area contributed by atoms with Crippen molar-refractivity contribution in [1.82, 2.24) is 0 Å². The lowest BCUT2D eigenvalue weighted by molar-refractivity contribution is -0.126. The van der Waals surface area contributed by atoms with Crippen molar-refractivity contribution in [3.05, 3.63) is 29.8 Å². The first kappa shape index (κ1) is 16.0. The molecule has 0 spiro atoms. The Bertz CT molecular complexity index is 445. The van der Waals surface area contributed by atoms with Crippen molar-refractivity contribution >= 4 is 40.6 Å². The zero-order valence-electron chi connectivity index (χ0n) is 11.0. The Labute approximate surface area is 123 Å². The molecular weight excluding hydrogens is 285 g/mol. The van der Waals surface area contributed by atoms with Gasteiger partial charge in [-0.3, -0.25) is 9.59 Å². The maximum absolute atomic E-state index is 12.1. The van der Waals surface area contributed by atoms with E-state index >= 15 is 0 Å². The predicted octanol–water partition coefficient (Wildman–Crippen LogP) is 3.15. The van der Waals surface area contributed by atoms with Crippen LogP contribution in [0.15, 0.2) is 24.3 Å². The summed E-state index contributed by atoms with van der Waals surface area (Å²) in [5.41, 5.74) is 1.82. The number of hydrogen-bond acceptors (Lipinski definition) is 2. The highest BCUT2D eigenvalue weighted by Crippen LogP contribution is 2.17. The standard InChI is InChI=1S/C14H17Cl2NO2/c1-10-5-7-11(8-6-10)17(2)14(19)13(16)12(18)4-3-9-15/h5-8,13H,3-4,9H2,1-2H3/t13-/m1/s1. The summed E-state index contributed by atoms with van der Waals surface area (Å²) < 4.78 is 0. The van der Waals surface area contributed by atoms with E-state index < -0.39 is 11.3 Å². The molecule has 1 aromatic rings. The largest absolute Gasteiger partial charge is 0.314 e. The van der Waals surface area contributed by atoms with E-state index in [2.05, 4.69) is 0 Å². The summed E-state index contributed by atoms with van der Waals surface area (Å²) in [5, 5.41) is -1.14. The van der Waals surface area contributed by atoms with E-state index in [0.29, 0.717) is 18.0 Å². The Morgan fingerprint density at radius 2 is 1.84 bits per heavy atom. The second-order valence-electron chi connectivity index (χ2n) is 4.35. The van der Waals surface area contributed by atoms with E-state index in [1.54, 1.807) is 7.05 Å². The van der Waals surface area contributed by atoms with Crippen molar-refractivity contribution in [3.63, 3.8) is 0 Å². The van der Waals surface area contributed by atoms with Crippen LogP contribution in [-0.4, -0.2) is 30.0 Å². The lowest BCUT2D eigenvalue weighted by atomic mass is 10.1. The van der Waals surface area contributed by atoms with Crippen LogP contribution in [0.5, 0.6) is 0 Å². The first-order chi connectivity index (χ1) is 8.97. The normalized spacial score (nSPS) is 12.0. The minimum Gasteiger partial charge on any atom is -0.314 e. The molecule has 0 radical (unpaired) electrons. The molecule has 0 aromatic heterocycles. The van der Waals surface area contributed by atoms with Gasteiger partial charge in [-0.2, -0.15) is 0 Å². The quantitative estimate of drug-likeness (QED) is 0.598. The third kappa shape index (κ3) is 4.51. The number of Topliss-reactive ketones (excluding diaryl/α,β-unsaturated/α-hetero) is 1. The number of rotatable bonds is 6. The lowest BCUT2D eigenvalue weighted by Crippen LogP contribution is -2.38. The van der Waals surface area contributed by atoms with Crippen molar-refractivity contribution in [2.75, 3.05) is 17.8 Å². The molecule has 0 N–H and O–H groups in total. The van der Waals surface area contributed by atoms with Crippen LogP contribution in [0.3, 0.4) is 0 Å². The number of hydrogen-bond donors (Lipinski definition) is 0. The molecule has 0 heterocycles. The zero-order chi connectivity index (χ0) is 14.4. The van der Waals surface area contributed by atoms with Gasteiger partial charge in [0.05, 0.1) is 0 Å². The molecule has 0 aliphatic rings. The van der Waals surface area contributed by atoms with Gasteiger partial charge in [-0.25, -0.2) is 0 Å². The smallest absolute Gasteiger partial charge is 0.252 e. The third-order valence-electron chi connectivity index (χ3n) is 2.81. The summed E-state index contributed by atoms with van der Waals surface area (Å²) in [4.78, 5) is 25.2. The first-order valence-electron chi connectivity index (χ1n) is 6.04. The minimum absolute atomic E-state index is 0.227. The van der Waals surface area contributed by atoms with Crippen molar-refractivity contribution in [2.45, 2.75) is 25.1 Å². The second-order valence-corrected chi connectivity index (χ2v) is 5.17. The van der Waals surface area contributed by atoms with E-state index in [0.717, 1.165) is 5.56 Å². The minimum atomic E-state index is -1.14. The highest BCUT2D eigenvalue weighted by molar-refractivity contribution is 6.43. The van der Waals surface area contributed by atoms with Gasteiger partial charge in [0.2, 0.25) is 0 Å². The number of benzene rings is 1. The highest BCUT2D eigenvalue weighted by atomic mass is 35.5. The van der Waals surface area contributed by atoms with Gasteiger partial charge in [-0.15, -0.1) is 23.2 Å². The number of nitrogens with zero attached hydrogens (tertiary/aromatic N) is 1. The number of amides is 1. The van der Waals surface area contributed by atoms with Gasteiger partial charge in [0.25, 0.3) is 5.91 Å². The molecule has 19 heavy (non-hydrogen) atoms. The molecule has 0 aliphatic carbocycles. The van der Waals surface area contributed by atoms with Gasteiger partial charge in [0.15, 0.2) is 11.2 Å². The number of halogens is 2. The van der Waals surface area contributed by atoms with Crippen LogP contribution in [0.2, 0.25) is 0 Å². The molecule has 0 aliphatic heterocycles. The second kappa shape index (κ2) is 7.51. The Balaban J connectivity index is 2.70. The van der Waals surface area contributed by atoms with Crippen LogP contribution in [0.4, 0.5) is 5.69 Å². The Morgan fingerprint density at radius 1 is 1.26 bits per heavy atom. The first-order valence-corrected chi connectivity index (χ1v) is 7.01. The van der Waals surface area contributed by atoms with Crippen molar-refractivity contribution in [3.8, 4) is 0 Å². The van der Waals surface area contributed by atoms with Crippen LogP contribution >= 0.6 is 23.2 Å². The number of alkyl halides is 2. The average molecular weight is 302 g/mol. The lowest BCUT2D eigenvalue weighted by Gasteiger charge is -2.20. The van der Waals surface area contributed by atoms with E-state index in [1.165, 1.54) is 4.90 Å². The molecule has 3 nitrogen and oxygen atoms in total. The maximum Gasteiger partial charge on any atom is 0.252 e. The van der Waals surface area contributed by atoms with Gasteiger partial charge in [-0.1, -0.05) is 17.7 Å². The molecule has 0 saturated carbocycles. The molecule has 1 amide bonds. The number of aryl methyl sites for hydroxylation is 1. The molecule has 104 valence electrons. The number of anilines is 1. The monoisotopic (exact) mass is 301 g/mol. The van der Waals surface area contributed by atoms with Gasteiger partial charge in [0, 0.05) is 25.0 Å². The molecule has 1 atom stereocenters. The van der Waals surface area contributed by atoms with Gasteiger partial charge in [0.1, 0.15) is 0 Å². The summed E-state index contributed by atoms with van der Waals surface area (Å²) in [5.74, 6) is -0.312. The maximum atomic E-state index is 12.1. The molecule has 0 bridgehead atoms. The molecule has 5 heteroatoms. The Hall–Kier alpha value is -1.06. The molecule has 1 aromatic carbocycles. The average Bonchev–Trinajstić information content (AvgIpc) is 2.43. The van der Waals surface area contributed by atoms with E-state index in [9.17, 15) is 9.59 Å². The third-order valence-corrected chi connectivity index (χ3v) is 3.51. The summed E-state index contributed by atoms with van der Waals surface area (Å²) >= 11 is 11.4. The van der Waals surface area contributed by atoms with Crippen LogP contribution < -0.4 is 4.90 Å². The molecule has 0 fully saturated rings. The topological polar surface area (TPSA) is 37.4 Å². The number of ketones is 1. The molecule has 1 rings (SSSR count). The van der Waals surface area contributed by atoms with Crippen LogP contribution in [0, 0.1) is 6.92 Å². The fraction of sp³-hybridized carbons (Fsp3) is 0.429. The summed E-state index contributed by atoms with van der Waals surface area (Å²) in [7, 11) is 1.61. The van der Waals surface area contributed by atoms with Gasteiger partial charge < -0.3 is 4.90 Å². The van der Waals surface area contributed by atoms with Crippen LogP contribution in [0.25, 0.3) is 0 Å². The van der Waals surface area contributed by atoms with Crippen molar-refractivity contribution in [1.29, 1.82) is 0 Å². The summed E-state index contributed by atoms with van der Waals surface area (Å²) in [6.07, 6.45) is 0.760. The van der Waals surface area contributed by atoms with Gasteiger partial charge >= 0.3 is 0 Å². The fourth-order valence-electron chi connectivity index (χ4n) is 1.57. The van der Waals surface area contributed by atoms with Crippen molar-refractivity contribution < 1.29 is 9.59 Å². The fourth-order valence-corrected chi connectivity index (χ4v) is 1.96. The number of carbonyl (C=O) groups is 2. The Kier molecular flexibility index (Phi) is 6.32. The zero-order valence-corrected chi connectivity index (χ0v) is 12.5. The molecular formula is C14H17Cl2NO2. The van der Waals surface area contributed by atoms with Gasteiger partial charge in [-0.05, 0) is 25.5 Å². The number of carbonyl (C=O) groups excluding carboxylic acids is 2. The van der Waals surface area contributed by atoms with E-state index in [-0.39, 0.29) is 12.2 Å². The summed E-state index contributed by atoms with van der Waals surface area (Å²) in [6.45, 7) is 1.96. The SMILES string of the molecule is Cc1ccc(N(C)C(=O)[C@H](Cl)C(=O)CCCCl)cc1. The van der Waals surface area contributed by atoms with Crippen LogP contribution in [-0.2, 0) is 9.59 Å². The Morgan fingerprint density at radius 3 is 2.37 bits per heavy atom. The summed E-state index contributed by atoms with van der Waals surface area (Å²) in [6, 6.07) is 7.44. The molecule has 0 saturated heterocycles. The molecule has 0 unspecified atom stereocenters. The highest BCUT2D eigenvalue weighted by Gasteiger charge is 2.26. The van der Waals surface area contributed by atoms with E-state index in [1.807, 2.05) is 31.2 Å². The van der Waals surface area contributed by atoms with Crippen molar-refractivity contribution in [2.24, 2.45) is 0 Å².